The van der Waals surface area contributed by atoms with Crippen molar-refractivity contribution < 1.29 is 32.2 Å². The average Bonchev–Trinajstić information content (AvgIpc) is 3.06. The van der Waals surface area contributed by atoms with E-state index in [4.69, 9.17) is 14.2 Å². The van der Waals surface area contributed by atoms with Crippen molar-refractivity contribution in [1.82, 2.24) is 5.32 Å². The highest BCUT2D eigenvalue weighted by atomic mass is 32.2. The minimum absolute atomic E-state index is 0.0766. The monoisotopic (exact) mass is 629 g/mol. The summed E-state index contributed by atoms with van der Waals surface area (Å²) in [5.74, 6) is 0.107. The number of benzene rings is 4. The summed E-state index contributed by atoms with van der Waals surface area (Å²) in [5.41, 5.74) is 2.32. The number of para-hydroxylation sites is 2. The molecule has 1 heterocycles. The number of anilines is 2. The molecule has 2 amide bonds. The van der Waals surface area contributed by atoms with E-state index in [1.165, 1.54) is 18.1 Å². The van der Waals surface area contributed by atoms with Crippen molar-refractivity contribution in [2.45, 2.75) is 31.4 Å². The van der Waals surface area contributed by atoms with Crippen molar-refractivity contribution in [2.24, 2.45) is 0 Å². The molecule has 234 valence electrons. The van der Waals surface area contributed by atoms with E-state index in [9.17, 15) is 18.0 Å². The average molecular weight is 630 g/mol. The molecule has 0 bridgehead atoms. The highest BCUT2D eigenvalue weighted by Gasteiger charge is 2.37. The molecule has 1 N–H and O–H groups in total. The van der Waals surface area contributed by atoms with E-state index in [0.29, 0.717) is 29.4 Å². The van der Waals surface area contributed by atoms with Crippen LogP contribution in [-0.4, -0.2) is 53.1 Å². The Labute approximate surface area is 263 Å². The molecule has 0 unspecified atom stereocenters. The summed E-state index contributed by atoms with van der Waals surface area (Å²) < 4.78 is 46.6. The molecule has 5 rings (SSSR count). The molecule has 0 aromatic heterocycles. The molecular formula is C34H35N3O7S. The molecule has 0 radical (unpaired) electrons. The Hall–Kier alpha value is -5.03. The van der Waals surface area contributed by atoms with Crippen molar-refractivity contribution in [3.05, 3.63) is 108 Å². The van der Waals surface area contributed by atoms with E-state index < -0.39 is 34.5 Å². The number of ether oxygens (including phenoxy) is 3. The number of nitrogens with one attached hydrogen (secondary N) is 1. The van der Waals surface area contributed by atoms with E-state index in [0.717, 1.165) is 9.87 Å². The van der Waals surface area contributed by atoms with Crippen LogP contribution in [0.1, 0.15) is 18.1 Å². The van der Waals surface area contributed by atoms with Gasteiger partial charge in [0.2, 0.25) is 5.91 Å². The number of nitrogens with zero attached hydrogens (tertiary/aromatic N) is 2. The highest BCUT2D eigenvalue weighted by molar-refractivity contribution is 7.93. The molecule has 0 fully saturated rings. The minimum atomic E-state index is -4.32. The second-order valence-corrected chi connectivity index (χ2v) is 12.2. The van der Waals surface area contributed by atoms with Gasteiger partial charge >= 0.3 is 0 Å². The van der Waals surface area contributed by atoms with Gasteiger partial charge in [-0.1, -0.05) is 48.5 Å². The zero-order chi connectivity index (χ0) is 32.0. The molecule has 1 atom stereocenters. The van der Waals surface area contributed by atoms with Crippen LogP contribution in [0.3, 0.4) is 0 Å². The topological polar surface area (TPSA) is 114 Å². The summed E-state index contributed by atoms with van der Waals surface area (Å²) in [5, 5.41) is 2.87. The van der Waals surface area contributed by atoms with Crippen LogP contribution in [-0.2, 0) is 26.2 Å². The number of methoxy groups -OCH3 is 1. The summed E-state index contributed by atoms with van der Waals surface area (Å²) >= 11 is 0. The fourth-order valence-corrected chi connectivity index (χ4v) is 6.67. The Morgan fingerprint density at radius 2 is 1.69 bits per heavy atom. The fraction of sp³-hybridized carbons (Fsp3) is 0.235. The van der Waals surface area contributed by atoms with Gasteiger partial charge in [-0.25, -0.2) is 8.42 Å². The van der Waals surface area contributed by atoms with Crippen LogP contribution in [0.5, 0.6) is 17.2 Å². The second kappa shape index (κ2) is 13.7. The van der Waals surface area contributed by atoms with Crippen molar-refractivity contribution >= 4 is 33.2 Å². The Morgan fingerprint density at radius 1 is 0.978 bits per heavy atom. The first-order valence-electron chi connectivity index (χ1n) is 14.5. The third kappa shape index (κ3) is 7.04. The van der Waals surface area contributed by atoms with Gasteiger partial charge in [0, 0.05) is 6.54 Å². The zero-order valence-electron chi connectivity index (χ0n) is 25.3. The zero-order valence-corrected chi connectivity index (χ0v) is 26.1. The van der Waals surface area contributed by atoms with Crippen molar-refractivity contribution in [1.29, 1.82) is 0 Å². The molecule has 4 aromatic carbocycles. The third-order valence-electron chi connectivity index (χ3n) is 7.28. The van der Waals surface area contributed by atoms with Crippen LogP contribution in [0.4, 0.5) is 11.4 Å². The van der Waals surface area contributed by atoms with E-state index in [2.05, 4.69) is 5.32 Å². The number of amides is 2. The molecule has 4 aromatic rings. The van der Waals surface area contributed by atoms with Crippen molar-refractivity contribution in [3.63, 3.8) is 0 Å². The smallest absolute Gasteiger partial charge is 0.268 e. The van der Waals surface area contributed by atoms with Crippen LogP contribution in [0, 0.1) is 6.92 Å². The predicted molar refractivity (Wildman–Crippen MR) is 171 cm³/mol. The normalized spacial score (nSPS) is 14.1. The Kier molecular flexibility index (Phi) is 9.58. The largest absolute Gasteiger partial charge is 0.495 e. The van der Waals surface area contributed by atoms with Crippen LogP contribution in [0.25, 0.3) is 0 Å². The standard InChI is InChI=1S/C34H35N3O7S/c1-4-43-27-17-15-26(16-18-27)37(45(40,41)32-20-24(2)14-19-30(32)42-3)23-33(38)36-22-31(44-29-13-9-8-12-28(29)36)34(39)35-21-25-10-6-5-7-11-25/h5-20,31H,4,21-23H2,1-3H3,(H,35,39)/t31-/m1/s1. The van der Waals surface area contributed by atoms with Crippen LogP contribution in [0.2, 0.25) is 0 Å². The lowest BCUT2D eigenvalue weighted by Gasteiger charge is -2.35. The number of aryl methyl sites for hydroxylation is 1. The maximum Gasteiger partial charge on any atom is 0.268 e. The first kappa shape index (κ1) is 31.4. The molecule has 1 aliphatic heterocycles. The number of sulfonamides is 1. The summed E-state index contributed by atoms with van der Waals surface area (Å²) in [6.45, 7) is 3.69. The van der Waals surface area contributed by atoms with E-state index >= 15 is 0 Å². The van der Waals surface area contributed by atoms with E-state index in [-0.39, 0.29) is 29.4 Å². The van der Waals surface area contributed by atoms with E-state index in [1.807, 2.05) is 37.3 Å². The molecule has 10 nitrogen and oxygen atoms in total. The van der Waals surface area contributed by atoms with Crippen LogP contribution in [0.15, 0.2) is 102 Å². The number of hydrogen-bond donors (Lipinski definition) is 1. The summed E-state index contributed by atoms with van der Waals surface area (Å²) in [6.07, 6.45) is -1.01. The van der Waals surface area contributed by atoms with Gasteiger partial charge in [0.25, 0.3) is 15.9 Å². The minimum Gasteiger partial charge on any atom is -0.495 e. The number of hydrogen-bond acceptors (Lipinski definition) is 7. The first-order chi connectivity index (χ1) is 21.7. The molecular weight excluding hydrogens is 594 g/mol. The quantitative estimate of drug-likeness (QED) is 0.256. The summed E-state index contributed by atoms with van der Waals surface area (Å²) in [4.78, 5) is 28.7. The van der Waals surface area contributed by atoms with E-state index in [1.54, 1.807) is 67.6 Å². The van der Waals surface area contributed by atoms with Gasteiger partial charge in [0.1, 0.15) is 28.7 Å². The molecule has 11 heteroatoms. The molecule has 45 heavy (non-hydrogen) atoms. The molecule has 0 aliphatic carbocycles. The lowest BCUT2D eigenvalue weighted by molar-refractivity contribution is -0.128. The first-order valence-corrected chi connectivity index (χ1v) is 15.9. The lowest BCUT2D eigenvalue weighted by Crippen LogP contribution is -2.53. The van der Waals surface area contributed by atoms with Crippen LogP contribution < -0.4 is 28.7 Å². The second-order valence-electron chi connectivity index (χ2n) is 10.4. The molecule has 0 spiro atoms. The molecule has 0 saturated carbocycles. The molecule has 0 saturated heterocycles. The summed E-state index contributed by atoms with van der Waals surface area (Å²) in [7, 11) is -2.92. The maximum absolute atomic E-state index is 14.3. The van der Waals surface area contributed by atoms with Crippen molar-refractivity contribution in [3.8, 4) is 17.2 Å². The predicted octanol–water partition coefficient (Wildman–Crippen LogP) is 4.71. The fourth-order valence-electron chi connectivity index (χ4n) is 5.01. The van der Waals surface area contributed by atoms with Gasteiger partial charge in [-0.05, 0) is 73.5 Å². The van der Waals surface area contributed by atoms with Crippen molar-refractivity contribution in [2.75, 3.05) is 36.0 Å². The SMILES string of the molecule is CCOc1ccc(N(CC(=O)N2C[C@H](C(=O)NCc3ccccc3)Oc3ccccc32)S(=O)(=O)c2cc(C)ccc2OC)cc1. The Morgan fingerprint density at radius 3 is 2.40 bits per heavy atom. The van der Waals surface area contributed by atoms with Gasteiger partial charge in [-0.2, -0.15) is 0 Å². The number of fused-ring (bicyclic) bond motifs is 1. The third-order valence-corrected chi connectivity index (χ3v) is 9.07. The number of carbonyl (C=O) groups is 2. The summed E-state index contributed by atoms with van der Waals surface area (Å²) in [6, 6.07) is 27.6. The number of carbonyl (C=O) groups excluding carboxylic acids is 2. The van der Waals surface area contributed by atoms with Gasteiger partial charge < -0.3 is 24.4 Å². The highest BCUT2D eigenvalue weighted by Crippen LogP contribution is 2.35. The lowest BCUT2D eigenvalue weighted by atomic mass is 10.1. The maximum atomic E-state index is 14.3. The Bertz CT molecular complexity index is 1760. The number of rotatable bonds is 11. The van der Waals surface area contributed by atoms with Crippen LogP contribution >= 0.6 is 0 Å². The Balaban J connectivity index is 1.47. The van der Waals surface area contributed by atoms with Gasteiger partial charge in [0.05, 0.1) is 31.6 Å². The van der Waals surface area contributed by atoms with Gasteiger partial charge in [0.15, 0.2) is 6.10 Å². The van der Waals surface area contributed by atoms with Gasteiger partial charge in [-0.15, -0.1) is 0 Å². The molecule has 1 aliphatic rings. The van der Waals surface area contributed by atoms with Gasteiger partial charge in [-0.3, -0.25) is 13.9 Å².